The Hall–Kier alpha value is -1.94. The molecule has 3 nitrogen and oxygen atoms in total. The van der Waals surface area contributed by atoms with Gasteiger partial charge in [-0.2, -0.15) is 0 Å². The van der Waals surface area contributed by atoms with Crippen LogP contribution in [0.2, 0.25) is 0 Å². The Labute approximate surface area is 131 Å². The summed E-state index contributed by atoms with van der Waals surface area (Å²) >= 11 is 0. The molecule has 4 heteroatoms. The average Bonchev–Trinajstić information content (AvgIpc) is 2.47. The van der Waals surface area contributed by atoms with Gasteiger partial charge >= 0.3 is 0 Å². The number of anilines is 1. The molecule has 0 spiro atoms. The second-order valence-corrected chi connectivity index (χ2v) is 5.69. The van der Waals surface area contributed by atoms with Crippen molar-refractivity contribution < 1.29 is 4.39 Å². The molecule has 118 valence electrons. The number of aryl methyl sites for hydroxylation is 4. The van der Waals surface area contributed by atoms with Gasteiger partial charge in [0.2, 0.25) is 0 Å². The van der Waals surface area contributed by atoms with Gasteiger partial charge in [0.05, 0.1) is 0 Å². The summed E-state index contributed by atoms with van der Waals surface area (Å²) in [7, 11) is 1.94. The topological polar surface area (TPSA) is 50.9 Å². The second-order valence-electron chi connectivity index (χ2n) is 5.69. The Balaban J connectivity index is 2.03. The van der Waals surface area contributed by atoms with Crippen LogP contribution in [0.4, 0.5) is 10.2 Å². The smallest absolute Gasteiger partial charge is 0.126 e. The maximum absolute atomic E-state index is 14.0. The maximum atomic E-state index is 14.0. The zero-order valence-electron chi connectivity index (χ0n) is 13.3. The highest BCUT2D eigenvalue weighted by Gasteiger charge is 2.06. The molecular weight excluding hydrogens is 277 g/mol. The van der Waals surface area contributed by atoms with Crippen molar-refractivity contribution in [2.45, 2.75) is 32.6 Å². The third-order valence-electron chi connectivity index (χ3n) is 3.70. The first kappa shape index (κ1) is 16.4. The normalized spacial score (nSPS) is 10.9. The van der Waals surface area contributed by atoms with Crippen LogP contribution in [0.25, 0.3) is 0 Å². The van der Waals surface area contributed by atoms with Crippen molar-refractivity contribution >= 4 is 5.82 Å². The van der Waals surface area contributed by atoms with Gasteiger partial charge in [0.25, 0.3) is 0 Å². The van der Waals surface area contributed by atoms with Crippen LogP contribution in [0.1, 0.15) is 28.8 Å². The standard InChI is InChI=1S/C18H24FN3/c1-13-10-16(22-18(20)11-13)7-6-15-12-14(4-3-9-21-2)5-8-17(15)19/h5,8,10-12,21H,3-4,6-7,9H2,1-2H3,(H2,20,22). The van der Waals surface area contributed by atoms with Crippen LogP contribution in [-0.4, -0.2) is 18.6 Å². The van der Waals surface area contributed by atoms with E-state index in [1.165, 1.54) is 5.56 Å². The molecular formula is C18H24FN3. The SMILES string of the molecule is CNCCCc1ccc(F)c(CCc2cc(C)cc(N)n2)c1. The molecule has 1 heterocycles. The molecule has 0 radical (unpaired) electrons. The number of aromatic nitrogens is 1. The molecule has 1 aromatic heterocycles. The molecule has 3 N–H and O–H groups in total. The summed E-state index contributed by atoms with van der Waals surface area (Å²) in [5, 5.41) is 3.13. The Bertz CT molecular complexity index is 605. The molecule has 2 rings (SSSR count). The lowest BCUT2D eigenvalue weighted by Crippen LogP contribution is -2.08. The summed E-state index contributed by atoms with van der Waals surface area (Å²) in [5.41, 5.74) is 9.70. The third-order valence-corrected chi connectivity index (χ3v) is 3.70. The summed E-state index contributed by atoms with van der Waals surface area (Å²) in [6.07, 6.45) is 3.35. The van der Waals surface area contributed by atoms with Crippen LogP contribution in [0.3, 0.4) is 0 Å². The van der Waals surface area contributed by atoms with Gasteiger partial charge in [0.15, 0.2) is 0 Å². The van der Waals surface area contributed by atoms with Crippen molar-refractivity contribution in [3.8, 4) is 0 Å². The van der Waals surface area contributed by atoms with Gasteiger partial charge in [0, 0.05) is 5.69 Å². The number of hydrogen-bond donors (Lipinski definition) is 2. The first-order chi connectivity index (χ1) is 10.6. The van der Waals surface area contributed by atoms with Crippen LogP contribution >= 0.6 is 0 Å². The van der Waals surface area contributed by atoms with E-state index in [-0.39, 0.29) is 5.82 Å². The van der Waals surface area contributed by atoms with Gasteiger partial charge in [-0.1, -0.05) is 12.1 Å². The van der Waals surface area contributed by atoms with E-state index in [4.69, 9.17) is 5.73 Å². The molecule has 0 atom stereocenters. The van der Waals surface area contributed by atoms with E-state index in [2.05, 4.69) is 10.3 Å². The minimum absolute atomic E-state index is 0.141. The van der Waals surface area contributed by atoms with Crippen molar-refractivity contribution in [2.24, 2.45) is 0 Å². The van der Waals surface area contributed by atoms with E-state index < -0.39 is 0 Å². The summed E-state index contributed by atoms with van der Waals surface area (Å²) in [6, 6.07) is 9.27. The highest BCUT2D eigenvalue weighted by molar-refractivity contribution is 5.34. The molecule has 1 aromatic carbocycles. The molecule has 0 fully saturated rings. The monoisotopic (exact) mass is 301 g/mol. The Morgan fingerprint density at radius 3 is 2.68 bits per heavy atom. The number of pyridine rings is 1. The van der Waals surface area contributed by atoms with E-state index in [9.17, 15) is 4.39 Å². The Morgan fingerprint density at radius 2 is 1.95 bits per heavy atom. The van der Waals surface area contributed by atoms with E-state index in [1.807, 2.05) is 38.2 Å². The van der Waals surface area contributed by atoms with Crippen molar-refractivity contribution in [3.63, 3.8) is 0 Å². The number of halogens is 1. The number of nitrogens with one attached hydrogen (secondary N) is 1. The van der Waals surface area contributed by atoms with Crippen molar-refractivity contribution in [1.29, 1.82) is 0 Å². The lowest BCUT2D eigenvalue weighted by Gasteiger charge is -2.08. The average molecular weight is 301 g/mol. The molecule has 0 aliphatic carbocycles. The molecule has 0 aliphatic rings. The minimum Gasteiger partial charge on any atom is -0.384 e. The fourth-order valence-corrected chi connectivity index (χ4v) is 2.60. The predicted octanol–water partition coefficient (Wildman–Crippen LogP) is 3.05. The van der Waals surface area contributed by atoms with Crippen molar-refractivity contribution in [1.82, 2.24) is 10.3 Å². The Morgan fingerprint density at radius 1 is 1.14 bits per heavy atom. The van der Waals surface area contributed by atoms with Crippen molar-refractivity contribution in [2.75, 3.05) is 19.3 Å². The number of nitrogens with two attached hydrogens (primary N) is 1. The quantitative estimate of drug-likeness (QED) is 0.773. The zero-order valence-corrected chi connectivity index (χ0v) is 13.3. The van der Waals surface area contributed by atoms with E-state index in [0.717, 1.165) is 36.2 Å². The molecule has 0 bridgehead atoms. The number of nitrogen functional groups attached to an aromatic ring is 1. The summed E-state index contributed by atoms with van der Waals surface area (Å²) < 4.78 is 14.0. The van der Waals surface area contributed by atoms with Gasteiger partial charge in [-0.3, -0.25) is 0 Å². The van der Waals surface area contributed by atoms with Crippen molar-refractivity contribution in [3.05, 3.63) is 58.5 Å². The zero-order chi connectivity index (χ0) is 15.9. The van der Waals surface area contributed by atoms with E-state index >= 15 is 0 Å². The van der Waals surface area contributed by atoms with Gasteiger partial charge in [0.1, 0.15) is 11.6 Å². The third kappa shape index (κ3) is 4.81. The molecule has 2 aromatic rings. The van der Waals surface area contributed by atoms with Crippen LogP contribution in [0.5, 0.6) is 0 Å². The minimum atomic E-state index is -0.141. The fraction of sp³-hybridized carbons (Fsp3) is 0.389. The maximum Gasteiger partial charge on any atom is 0.126 e. The first-order valence-electron chi connectivity index (χ1n) is 7.73. The highest BCUT2D eigenvalue weighted by Crippen LogP contribution is 2.16. The van der Waals surface area contributed by atoms with Crippen LogP contribution in [0.15, 0.2) is 30.3 Å². The molecule has 0 saturated carbocycles. The molecule has 22 heavy (non-hydrogen) atoms. The molecule has 0 saturated heterocycles. The largest absolute Gasteiger partial charge is 0.384 e. The predicted molar refractivity (Wildman–Crippen MR) is 89.4 cm³/mol. The fourth-order valence-electron chi connectivity index (χ4n) is 2.60. The van der Waals surface area contributed by atoms with E-state index in [1.54, 1.807) is 6.07 Å². The number of rotatable bonds is 7. The molecule has 0 unspecified atom stereocenters. The van der Waals surface area contributed by atoms with Crippen LogP contribution < -0.4 is 11.1 Å². The number of hydrogen-bond acceptors (Lipinski definition) is 3. The lowest BCUT2D eigenvalue weighted by molar-refractivity contribution is 0.606. The highest BCUT2D eigenvalue weighted by atomic mass is 19.1. The van der Waals surface area contributed by atoms with E-state index in [0.29, 0.717) is 18.7 Å². The van der Waals surface area contributed by atoms with Gasteiger partial charge < -0.3 is 11.1 Å². The summed E-state index contributed by atoms with van der Waals surface area (Å²) in [5.74, 6) is 0.384. The van der Waals surface area contributed by atoms with Gasteiger partial charge in [-0.25, -0.2) is 9.37 Å². The van der Waals surface area contributed by atoms with Gasteiger partial charge in [-0.15, -0.1) is 0 Å². The second kappa shape index (κ2) is 7.90. The van der Waals surface area contributed by atoms with Crippen LogP contribution in [-0.2, 0) is 19.3 Å². The first-order valence-corrected chi connectivity index (χ1v) is 7.73. The number of nitrogens with zero attached hydrogens (tertiary/aromatic N) is 1. The molecule has 0 amide bonds. The summed E-state index contributed by atoms with van der Waals surface area (Å²) in [6.45, 7) is 2.96. The van der Waals surface area contributed by atoms with Gasteiger partial charge in [-0.05, 0) is 81.1 Å². The Kier molecular flexibility index (Phi) is 5.90. The number of benzene rings is 1. The lowest BCUT2D eigenvalue weighted by atomic mass is 10.0. The summed E-state index contributed by atoms with van der Waals surface area (Å²) in [4.78, 5) is 4.31. The molecule has 0 aliphatic heterocycles. The van der Waals surface area contributed by atoms with Crippen LogP contribution in [0, 0.1) is 12.7 Å².